The average Bonchev–Trinajstić information content (AvgIpc) is 3.47. The Morgan fingerprint density at radius 2 is 1.97 bits per heavy atom. The van der Waals surface area contributed by atoms with E-state index < -0.39 is 6.61 Å². The van der Waals surface area contributed by atoms with Gasteiger partial charge in [0.15, 0.2) is 5.82 Å². The zero-order valence-electron chi connectivity index (χ0n) is 18.2. The van der Waals surface area contributed by atoms with Crippen LogP contribution in [-0.4, -0.2) is 50.7 Å². The summed E-state index contributed by atoms with van der Waals surface area (Å²) in [6.07, 6.45) is 3.70. The molecule has 1 fully saturated rings. The number of alkyl halides is 2. The highest BCUT2D eigenvalue weighted by Crippen LogP contribution is 2.31. The summed E-state index contributed by atoms with van der Waals surface area (Å²) in [6, 6.07) is 13.7. The lowest BCUT2D eigenvalue weighted by Gasteiger charge is -2.35. The fourth-order valence-electron chi connectivity index (χ4n) is 3.98. The van der Waals surface area contributed by atoms with Crippen molar-refractivity contribution in [1.82, 2.24) is 24.3 Å². The summed E-state index contributed by atoms with van der Waals surface area (Å²) in [6.45, 7) is -1.25. The van der Waals surface area contributed by atoms with E-state index in [0.29, 0.717) is 36.6 Å². The van der Waals surface area contributed by atoms with Gasteiger partial charge in [-0.1, -0.05) is 17.7 Å². The van der Waals surface area contributed by atoms with Gasteiger partial charge in [0.2, 0.25) is 5.95 Å². The SMILES string of the molecule is Cn1c(-c2ccc(OC(F)F)cc2)nnc1N1CCOCC1c1cn(-c2cccc(Cl)c2)cn1. The Bertz CT molecular complexity index is 1280. The van der Waals surface area contributed by atoms with Crippen molar-refractivity contribution in [2.24, 2.45) is 7.05 Å². The Kier molecular flexibility index (Phi) is 6.16. The summed E-state index contributed by atoms with van der Waals surface area (Å²) in [5.74, 6) is 1.35. The lowest BCUT2D eigenvalue weighted by molar-refractivity contribution is -0.0498. The normalized spacial score (nSPS) is 16.3. The molecule has 1 aliphatic heterocycles. The number of nitrogens with zero attached hydrogens (tertiary/aromatic N) is 6. The highest BCUT2D eigenvalue weighted by Gasteiger charge is 2.30. The third kappa shape index (κ3) is 4.46. The summed E-state index contributed by atoms with van der Waals surface area (Å²) >= 11 is 6.13. The highest BCUT2D eigenvalue weighted by molar-refractivity contribution is 6.30. The molecule has 11 heteroatoms. The molecule has 0 spiro atoms. The van der Waals surface area contributed by atoms with Crippen LogP contribution in [0.25, 0.3) is 17.1 Å². The van der Waals surface area contributed by atoms with E-state index in [0.717, 1.165) is 16.9 Å². The second kappa shape index (κ2) is 9.40. The van der Waals surface area contributed by atoms with Gasteiger partial charge in [0.25, 0.3) is 0 Å². The predicted octanol–water partition coefficient (Wildman–Crippen LogP) is 4.50. The molecular weight excluding hydrogens is 466 g/mol. The Hall–Kier alpha value is -3.50. The number of rotatable bonds is 6. The van der Waals surface area contributed by atoms with Gasteiger partial charge in [-0.05, 0) is 42.5 Å². The van der Waals surface area contributed by atoms with Crippen LogP contribution in [0.1, 0.15) is 11.7 Å². The van der Waals surface area contributed by atoms with E-state index in [4.69, 9.17) is 16.3 Å². The van der Waals surface area contributed by atoms with Gasteiger partial charge >= 0.3 is 6.61 Å². The first-order chi connectivity index (χ1) is 16.5. The smallest absolute Gasteiger partial charge is 0.387 e. The van der Waals surface area contributed by atoms with E-state index >= 15 is 0 Å². The van der Waals surface area contributed by atoms with Gasteiger partial charge in [-0.2, -0.15) is 8.78 Å². The van der Waals surface area contributed by atoms with Crippen molar-refractivity contribution in [3.63, 3.8) is 0 Å². The van der Waals surface area contributed by atoms with Gasteiger partial charge in [-0.15, -0.1) is 10.2 Å². The molecule has 34 heavy (non-hydrogen) atoms. The highest BCUT2D eigenvalue weighted by atomic mass is 35.5. The van der Waals surface area contributed by atoms with Crippen LogP contribution < -0.4 is 9.64 Å². The number of hydrogen-bond acceptors (Lipinski definition) is 6. The minimum atomic E-state index is -2.87. The van der Waals surface area contributed by atoms with Gasteiger partial charge in [0, 0.05) is 36.1 Å². The monoisotopic (exact) mass is 486 g/mol. The van der Waals surface area contributed by atoms with E-state index in [2.05, 4.69) is 24.8 Å². The maximum absolute atomic E-state index is 12.4. The van der Waals surface area contributed by atoms with E-state index in [1.54, 1.807) is 18.5 Å². The summed E-state index contributed by atoms with van der Waals surface area (Å²) in [5, 5.41) is 9.41. The molecular formula is C23H21ClF2N6O2. The van der Waals surface area contributed by atoms with Crippen molar-refractivity contribution in [3.05, 3.63) is 71.8 Å². The molecule has 1 aliphatic rings. The van der Waals surface area contributed by atoms with E-state index in [1.807, 2.05) is 46.6 Å². The number of ether oxygens (including phenoxy) is 2. The number of hydrogen-bond donors (Lipinski definition) is 0. The van der Waals surface area contributed by atoms with Crippen molar-refractivity contribution < 1.29 is 18.3 Å². The fraction of sp³-hybridized carbons (Fsp3) is 0.261. The van der Waals surface area contributed by atoms with Crippen LogP contribution in [0.2, 0.25) is 5.02 Å². The third-order valence-electron chi connectivity index (χ3n) is 5.63. The number of morpholine rings is 1. The topological polar surface area (TPSA) is 70.2 Å². The molecule has 2 aromatic carbocycles. The molecule has 8 nitrogen and oxygen atoms in total. The summed E-state index contributed by atoms with van der Waals surface area (Å²) in [7, 11) is 1.87. The van der Waals surface area contributed by atoms with Crippen LogP contribution in [0, 0.1) is 0 Å². The predicted molar refractivity (Wildman–Crippen MR) is 123 cm³/mol. The minimum absolute atomic E-state index is 0.0877. The van der Waals surface area contributed by atoms with Crippen molar-refractivity contribution >= 4 is 17.5 Å². The first-order valence-electron chi connectivity index (χ1n) is 10.6. The van der Waals surface area contributed by atoms with E-state index in [1.165, 1.54) is 12.1 Å². The zero-order chi connectivity index (χ0) is 23.7. The molecule has 4 aromatic rings. The summed E-state index contributed by atoms with van der Waals surface area (Å²) in [5.41, 5.74) is 2.48. The number of benzene rings is 2. The maximum Gasteiger partial charge on any atom is 0.387 e. The second-order valence-electron chi connectivity index (χ2n) is 7.76. The molecule has 1 unspecified atom stereocenters. The molecule has 0 saturated carbocycles. The van der Waals surface area contributed by atoms with Crippen LogP contribution in [0.4, 0.5) is 14.7 Å². The lowest BCUT2D eigenvalue weighted by atomic mass is 10.2. The average molecular weight is 487 g/mol. The number of imidazole rings is 1. The zero-order valence-corrected chi connectivity index (χ0v) is 18.9. The van der Waals surface area contributed by atoms with E-state index in [-0.39, 0.29) is 11.8 Å². The molecule has 5 rings (SSSR count). The molecule has 0 amide bonds. The molecule has 0 aliphatic carbocycles. The summed E-state index contributed by atoms with van der Waals surface area (Å²) in [4.78, 5) is 6.73. The summed E-state index contributed by atoms with van der Waals surface area (Å²) < 4.78 is 38.8. The van der Waals surface area contributed by atoms with Crippen molar-refractivity contribution in [3.8, 4) is 22.8 Å². The van der Waals surface area contributed by atoms with E-state index in [9.17, 15) is 8.78 Å². The van der Waals surface area contributed by atoms with Gasteiger partial charge in [-0.25, -0.2) is 4.98 Å². The Morgan fingerprint density at radius 1 is 1.15 bits per heavy atom. The molecule has 0 radical (unpaired) electrons. The van der Waals surface area contributed by atoms with Gasteiger partial charge in [0.05, 0.1) is 31.3 Å². The molecule has 0 N–H and O–H groups in total. The fourth-order valence-corrected chi connectivity index (χ4v) is 4.17. The standard InChI is InChI=1S/C23H21ClF2N6O2/c1-30-21(15-5-7-18(8-6-15)34-22(25)26)28-29-23(30)32-9-10-33-13-20(32)19-12-31(14-27-19)17-4-2-3-16(24)11-17/h2-8,11-12,14,20,22H,9-10,13H2,1H3. The Morgan fingerprint density at radius 3 is 2.74 bits per heavy atom. The van der Waals surface area contributed by atoms with Gasteiger partial charge in [-0.3, -0.25) is 4.57 Å². The quantitative estimate of drug-likeness (QED) is 0.399. The first kappa shape index (κ1) is 22.3. The molecule has 1 saturated heterocycles. The van der Waals surface area contributed by atoms with Crippen molar-refractivity contribution in [1.29, 1.82) is 0 Å². The number of anilines is 1. The number of halogens is 3. The van der Waals surface area contributed by atoms with Gasteiger partial charge in [0.1, 0.15) is 5.75 Å². The largest absolute Gasteiger partial charge is 0.435 e. The van der Waals surface area contributed by atoms with Crippen LogP contribution in [0.3, 0.4) is 0 Å². The third-order valence-corrected chi connectivity index (χ3v) is 5.86. The Balaban J connectivity index is 1.41. The van der Waals surface area contributed by atoms with Crippen LogP contribution in [-0.2, 0) is 11.8 Å². The minimum Gasteiger partial charge on any atom is -0.435 e. The van der Waals surface area contributed by atoms with Crippen LogP contribution >= 0.6 is 11.6 Å². The number of aromatic nitrogens is 5. The molecule has 3 heterocycles. The molecule has 2 aromatic heterocycles. The molecule has 176 valence electrons. The maximum atomic E-state index is 12.4. The lowest BCUT2D eigenvalue weighted by Crippen LogP contribution is -2.41. The first-order valence-corrected chi connectivity index (χ1v) is 11.0. The molecule has 0 bridgehead atoms. The second-order valence-corrected chi connectivity index (χ2v) is 8.19. The van der Waals surface area contributed by atoms with Crippen molar-refractivity contribution in [2.75, 3.05) is 24.7 Å². The van der Waals surface area contributed by atoms with Gasteiger partial charge < -0.3 is 18.9 Å². The Labute approximate surface area is 199 Å². The van der Waals surface area contributed by atoms with Crippen LogP contribution in [0.5, 0.6) is 5.75 Å². The molecule has 1 atom stereocenters. The van der Waals surface area contributed by atoms with Crippen molar-refractivity contribution in [2.45, 2.75) is 12.7 Å². The van der Waals surface area contributed by atoms with Crippen LogP contribution in [0.15, 0.2) is 61.1 Å².